The molecule has 1 heterocycles. The summed E-state index contributed by atoms with van der Waals surface area (Å²) in [5.74, 6) is -1.14. The van der Waals surface area contributed by atoms with Crippen molar-refractivity contribution in [2.24, 2.45) is 5.92 Å². The summed E-state index contributed by atoms with van der Waals surface area (Å²) in [6.07, 6.45) is 1.03. The van der Waals surface area contributed by atoms with E-state index in [1.165, 1.54) is 10.5 Å². The Morgan fingerprint density at radius 2 is 1.86 bits per heavy atom. The highest BCUT2D eigenvalue weighted by atomic mass is 19.1. The van der Waals surface area contributed by atoms with Crippen LogP contribution in [0.25, 0.3) is 0 Å². The van der Waals surface area contributed by atoms with Crippen LogP contribution in [0, 0.1) is 5.92 Å². The van der Waals surface area contributed by atoms with Gasteiger partial charge in [-0.15, -0.1) is 0 Å². The molecular formula is C17H22FNO3. The number of carbonyl (C=O) groups is 2. The zero-order chi connectivity index (χ0) is 16.3. The number of hydrogen-bond donors (Lipinski definition) is 1. The Bertz CT molecular complexity index is 556. The van der Waals surface area contributed by atoms with Gasteiger partial charge in [-0.1, -0.05) is 38.1 Å². The number of likely N-dealkylation sites (tertiary alicyclic amines) is 1. The number of carboxylic acid groups (broad SMARTS) is 1. The van der Waals surface area contributed by atoms with Crippen LogP contribution in [0.5, 0.6) is 0 Å². The number of carboxylic acids is 1. The van der Waals surface area contributed by atoms with E-state index < -0.39 is 11.6 Å². The fourth-order valence-corrected chi connectivity index (χ4v) is 2.71. The van der Waals surface area contributed by atoms with E-state index >= 15 is 0 Å². The van der Waals surface area contributed by atoms with Gasteiger partial charge in [0, 0.05) is 13.0 Å². The maximum atomic E-state index is 14.0. The smallest absolute Gasteiger partial charge is 0.343 e. The van der Waals surface area contributed by atoms with E-state index in [-0.39, 0.29) is 31.8 Å². The predicted molar refractivity (Wildman–Crippen MR) is 81.4 cm³/mol. The topological polar surface area (TPSA) is 57.6 Å². The molecule has 1 saturated heterocycles. The van der Waals surface area contributed by atoms with Gasteiger partial charge in [-0.25, -0.2) is 9.18 Å². The molecule has 0 saturated carbocycles. The zero-order valence-electron chi connectivity index (χ0n) is 13.0. The van der Waals surface area contributed by atoms with Gasteiger partial charge in [0.15, 0.2) is 0 Å². The van der Waals surface area contributed by atoms with Gasteiger partial charge >= 0.3 is 5.97 Å². The molecule has 5 heteroatoms. The number of carbonyl (C=O) groups excluding carboxylic acids is 1. The van der Waals surface area contributed by atoms with Crippen molar-refractivity contribution < 1.29 is 19.1 Å². The second kappa shape index (κ2) is 6.46. The number of aliphatic carboxylic acids is 1. The molecule has 0 bridgehead atoms. The van der Waals surface area contributed by atoms with E-state index in [1.54, 1.807) is 0 Å². The summed E-state index contributed by atoms with van der Waals surface area (Å²) in [5.41, 5.74) is -0.207. The molecule has 1 aliphatic heterocycles. The van der Waals surface area contributed by atoms with Crippen molar-refractivity contribution in [1.82, 2.24) is 4.90 Å². The summed E-state index contributed by atoms with van der Waals surface area (Å²) < 4.78 is 14.0. The molecule has 22 heavy (non-hydrogen) atoms. The first-order chi connectivity index (χ1) is 10.3. The summed E-state index contributed by atoms with van der Waals surface area (Å²) >= 11 is 0. The van der Waals surface area contributed by atoms with Crippen LogP contribution in [0.15, 0.2) is 24.3 Å². The molecule has 1 atom stereocenters. The molecule has 1 amide bonds. The molecule has 0 aromatic heterocycles. The van der Waals surface area contributed by atoms with E-state index in [2.05, 4.69) is 13.8 Å². The monoisotopic (exact) mass is 307 g/mol. The van der Waals surface area contributed by atoms with Gasteiger partial charge in [0.1, 0.15) is 0 Å². The van der Waals surface area contributed by atoms with Crippen molar-refractivity contribution >= 4 is 11.9 Å². The molecule has 0 spiro atoms. The molecule has 1 unspecified atom stereocenters. The lowest BCUT2D eigenvalue weighted by Crippen LogP contribution is -2.39. The average molecular weight is 307 g/mol. The highest BCUT2D eigenvalue weighted by molar-refractivity contribution is 5.83. The third kappa shape index (κ3) is 3.84. The third-order valence-corrected chi connectivity index (χ3v) is 3.98. The number of benzene rings is 1. The van der Waals surface area contributed by atoms with E-state index in [0.717, 1.165) is 12.0 Å². The number of rotatable bonds is 5. The van der Waals surface area contributed by atoms with Crippen LogP contribution in [-0.2, 0) is 22.4 Å². The van der Waals surface area contributed by atoms with E-state index in [4.69, 9.17) is 5.11 Å². The number of halogens is 1. The standard InChI is InChI=1S/C17H22FNO3/c1-12(2)9-13-3-5-14(6-4-13)10-15(20)19-8-7-17(18,11-19)16(21)22/h3-6,12H,7-11H2,1-2H3,(H,21,22). The van der Waals surface area contributed by atoms with Crippen LogP contribution in [-0.4, -0.2) is 40.6 Å². The molecule has 2 rings (SSSR count). The summed E-state index contributed by atoms with van der Waals surface area (Å²) in [7, 11) is 0. The zero-order valence-corrected chi connectivity index (χ0v) is 13.0. The maximum Gasteiger partial charge on any atom is 0.343 e. The van der Waals surface area contributed by atoms with Gasteiger partial charge in [0.05, 0.1) is 13.0 Å². The molecule has 1 aromatic rings. The van der Waals surface area contributed by atoms with Gasteiger partial charge in [0.2, 0.25) is 11.6 Å². The van der Waals surface area contributed by atoms with Crippen LogP contribution in [0.1, 0.15) is 31.4 Å². The van der Waals surface area contributed by atoms with Crippen molar-refractivity contribution in [1.29, 1.82) is 0 Å². The van der Waals surface area contributed by atoms with Crippen molar-refractivity contribution in [2.45, 2.75) is 38.8 Å². The van der Waals surface area contributed by atoms with Crippen molar-refractivity contribution in [3.63, 3.8) is 0 Å². The molecule has 1 aromatic carbocycles. The first kappa shape index (κ1) is 16.5. The molecule has 0 aliphatic carbocycles. The number of alkyl halides is 1. The Morgan fingerprint density at radius 3 is 2.36 bits per heavy atom. The molecule has 0 radical (unpaired) electrons. The minimum Gasteiger partial charge on any atom is -0.479 e. The molecule has 1 N–H and O–H groups in total. The number of hydrogen-bond acceptors (Lipinski definition) is 2. The number of nitrogens with zero attached hydrogens (tertiary/aromatic N) is 1. The lowest BCUT2D eigenvalue weighted by atomic mass is 10.0. The Kier molecular flexibility index (Phi) is 4.84. The van der Waals surface area contributed by atoms with Gasteiger partial charge in [0.25, 0.3) is 0 Å². The largest absolute Gasteiger partial charge is 0.479 e. The second-order valence-corrected chi connectivity index (χ2v) is 6.43. The minimum atomic E-state index is -2.29. The van der Waals surface area contributed by atoms with Crippen molar-refractivity contribution in [2.75, 3.05) is 13.1 Å². The fourth-order valence-electron chi connectivity index (χ4n) is 2.71. The highest BCUT2D eigenvalue weighted by Crippen LogP contribution is 2.26. The first-order valence-electron chi connectivity index (χ1n) is 7.58. The normalized spacial score (nSPS) is 21.4. The third-order valence-electron chi connectivity index (χ3n) is 3.98. The molecular weight excluding hydrogens is 285 g/mol. The van der Waals surface area contributed by atoms with Crippen LogP contribution in [0.2, 0.25) is 0 Å². The van der Waals surface area contributed by atoms with Crippen LogP contribution in [0.4, 0.5) is 4.39 Å². The molecule has 4 nitrogen and oxygen atoms in total. The SMILES string of the molecule is CC(C)Cc1ccc(CC(=O)N2CCC(F)(C(=O)O)C2)cc1. The maximum absolute atomic E-state index is 14.0. The van der Waals surface area contributed by atoms with Gasteiger partial charge in [-0.05, 0) is 23.5 Å². The van der Waals surface area contributed by atoms with Crippen molar-refractivity contribution in [3.8, 4) is 0 Å². The van der Waals surface area contributed by atoms with Crippen LogP contribution < -0.4 is 0 Å². The Hall–Kier alpha value is -1.91. The van der Waals surface area contributed by atoms with Gasteiger partial charge < -0.3 is 10.0 Å². The lowest BCUT2D eigenvalue weighted by molar-refractivity contribution is -0.150. The molecule has 1 fully saturated rings. The van der Waals surface area contributed by atoms with Crippen LogP contribution in [0.3, 0.4) is 0 Å². The van der Waals surface area contributed by atoms with Gasteiger partial charge in [-0.2, -0.15) is 0 Å². The van der Waals surface area contributed by atoms with Crippen LogP contribution >= 0.6 is 0 Å². The van der Waals surface area contributed by atoms with Crippen molar-refractivity contribution in [3.05, 3.63) is 35.4 Å². The number of amides is 1. The molecule has 120 valence electrons. The summed E-state index contributed by atoms with van der Waals surface area (Å²) in [6.45, 7) is 4.10. The fraction of sp³-hybridized carbons (Fsp3) is 0.529. The second-order valence-electron chi connectivity index (χ2n) is 6.43. The quantitative estimate of drug-likeness (QED) is 0.909. The molecule has 1 aliphatic rings. The van der Waals surface area contributed by atoms with Gasteiger partial charge in [-0.3, -0.25) is 4.79 Å². The minimum absolute atomic E-state index is 0.138. The van der Waals surface area contributed by atoms with E-state index in [1.807, 2.05) is 24.3 Å². The lowest BCUT2D eigenvalue weighted by Gasteiger charge is -2.18. The van der Waals surface area contributed by atoms with E-state index in [9.17, 15) is 14.0 Å². The summed E-state index contributed by atoms with van der Waals surface area (Å²) in [6, 6.07) is 7.82. The summed E-state index contributed by atoms with van der Waals surface area (Å²) in [5, 5.41) is 8.85. The Balaban J connectivity index is 1.94. The first-order valence-corrected chi connectivity index (χ1v) is 7.58. The van der Waals surface area contributed by atoms with E-state index in [0.29, 0.717) is 5.92 Å². The Labute approximate surface area is 129 Å². The Morgan fingerprint density at radius 1 is 1.27 bits per heavy atom. The predicted octanol–water partition coefficient (Wildman–Crippen LogP) is 2.45. The average Bonchev–Trinajstić information content (AvgIpc) is 2.85. The highest BCUT2D eigenvalue weighted by Gasteiger charge is 2.46. The summed E-state index contributed by atoms with van der Waals surface area (Å²) in [4.78, 5) is 24.3.